The predicted octanol–water partition coefficient (Wildman–Crippen LogP) is 2.78. The Kier molecular flexibility index (Phi) is 7.45. The fraction of sp³-hybridized carbons (Fsp3) is 0.167. The summed E-state index contributed by atoms with van der Waals surface area (Å²) in [5, 5.41) is 7.09. The number of carbonyl (C=O) groups is 2. The van der Waals surface area contributed by atoms with E-state index in [1.165, 1.54) is 13.3 Å². The summed E-state index contributed by atoms with van der Waals surface area (Å²) in [6, 6.07) is 9.95. The number of hydrogen-bond acceptors (Lipinski definition) is 5. The Labute approximate surface area is 166 Å². The number of benzene rings is 2. The highest BCUT2D eigenvalue weighted by Gasteiger charge is 2.13. The quantitative estimate of drug-likeness (QED) is 0.436. The Hall–Kier alpha value is -2.77. The van der Waals surface area contributed by atoms with Crippen molar-refractivity contribution in [2.75, 3.05) is 14.2 Å². The van der Waals surface area contributed by atoms with Crippen molar-refractivity contribution in [3.8, 4) is 11.5 Å². The molecular formula is C18H17Cl2N3O4. The highest BCUT2D eigenvalue weighted by atomic mass is 35.5. The molecule has 2 aromatic carbocycles. The second-order valence-corrected chi connectivity index (χ2v) is 6.07. The van der Waals surface area contributed by atoms with E-state index in [2.05, 4.69) is 15.8 Å². The number of nitrogens with zero attached hydrogens (tertiary/aromatic N) is 1. The smallest absolute Gasteiger partial charge is 0.329 e. The number of ether oxygens (including phenoxy) is 2. The minimum Gasteiger partial charge on any atom is -0.497 e. The molecular weight excluding hydrogens is 393 g/mol. The van der Waals surface area contributed by atoms with Crippen molar-refractivity contribution in [2.45, 2.75) is 6.54 Å². The zero-order valence-corrected chi connectivity index (χ0v) is 16.1. The van der Waals surface area contributed by atoms with Gasteiger partial charge in [-0.05, 0) is 29.8 Å². The average molecular weight is 410 g/mol. The first-order valence-corrected chi connectivity index (χ1v) is 8.47. The van der Waals surface area contributed by atoms with Crippen molar-refractivity contribution in [2.24, 2.45) is 5.10 Å². The molecule has 0 heterocycles. The Morgan fingerprint density at radius 2 is 1.85 bits per heavy atom. The fourth-order valence-corrected chi connectivity index (χ4v) is 2.53. The average Bonchev–Trinajstić information content (AvgIpc) is 2.67. The van der Waals surface area contributed by atoms with Crippen LogP contribution in [0.15, 0.2) is 41.5 Å². The van der Waals surface area contributed by atoms with Crippen LogP contribution in [0.1, 0.15) is 11.1 Å². The van der Waals surface area contributed by atoms with Gasteiger partial charge in [0.05, 0.1) is 20.4 Å². The van der Waals surface area contributed by atoms with Gasteiger partial charge in [-0.1, -0.05) is 29.3 Å². The summed E-state index contributed by atoms with van der Waals surface area (Å²) in [5.41, 5.74) is 3.39. The third kappa shape index (κ3) is 5.87. The number of hydrogen-bond donors (Lipinski definition) is 2. The van der Waals surface area contributed by atoms with Crippen LogP contribution in [0, 0.1) is 0 Å². The van der Waals surface area contributed by atoms with Gasteiger partial charge in [-0.25, -0.2) is 5.43 Å². The van der Waals surface area contributed by atoms with Crippen LogP contribution in [0.3, 0.4) is 0 Å². The Morgan fingerprint density at radius 3 is 2.52 bits per heavy atom. The van der Waals surface area contributed by atoms with Crippen LogP contribution in [0.5, 0.6) is 11.5 Å². The van der Waals surface area contributed by atoms with Gasteiger partial charge in [0.25, 0.3) is 0 Å². The van der Waals surface area contributed by atoms with E-state index in [9.17, 15) is 9.59 Å². The Morgan fingerprint density at radius 1 is 1.07 bits per heavy atom. The SMILES string of the molecule is COc1ccc(C=NNC(=O)C(=O)NCc2ccc(Cl)cc2Cl)c(OC)c1. The zero-order chi connectivity index (χ0) is 19.8. The van der Waals surface area contributed by atoms with Gasteiger partial charge in [0.2, 0.25) is 0 Å². The molecule has 0 bridgehead atoms. The van der Waals surface area contributed by atoms with Crippen LogP contribution < -0.4 is 20.2 Å². The van der Waals surface area contributed by atoms with Crippen LogP contribution in [-0.2, 0) is 16.1 Å². The summed E-state index contributed by atoms with van der Waals surface area (Å²) in [4.78, 5) is 23.6. The molecule has 0 fully saturated rings. The summed E-state index contributed by atoms with van der Waals surface area (Å²) < 4.78 is 10.3. The van der Waals surface area contributed by atoms with Crippen LogP contribution in [0.25, 0.3) is 0 Å². The first-order chi connectivity index (χ1) is 12.9. The summed E-state index contributed by atoms with van der Waals surface area (Å²) in [5.74, 6) is -0.633. The van der Waals surface area contributed by atoms with Gasteiger partial charge in [0.15, 0.2) is 0 Å². The predicted molar refractivity (Wildman–Crippen MR) is 104 cm³/mol. The topological polar surface area (TPSA) is 89.0 Å². The molecule has 2 amide bonds. The van der Waals surface area contributed by atoms with Gasteiger partial charge in [-0.2, -0.15) is 5.10 Å². The van der Waals surface area contributed by atoms with Gasteiger partial charge < -0.3 is 14.8 Å². The van der Waals surface area contributed by atoms with Crippen LogP contribution in [0.4, 0.5) is 0 Å². The molecule has 0 radical (unpaired) electrons. The lowest BCUT2D eigenvalue weighted by Crippen LogP contribution is -2.37. The van der Waals surface area contributed by atoms with E-state index >= 15 is 0 Å². The second-order valence-electron chi connectivity index (χ2n) is 5.23. The third-order valence-electron chi connectivity index (χ3n) is 3.47. The van der Waals surface area contributed by atoms with Crippen LogP contribution in [-0.4, -0.2) is 32.2 Å². The Balaban J connectivity index is 1.91. The van der Waals surface area contributed by atoms with Gasteiger partial charge in [-0.3, -0.25) is 9.59 Å². The summed E-state index contributed by atoms with van der Waals surface area (Å²) >= 11 is 11.8. The largest absolute Gasteiger partial charge is 0.497 e. The first-order valence-electron chi connectivity index (χ1n) is 7.71. The van der Waals surface area contributed by atoms with Crippen LogP contribution >= 0.6 is 23.2 Å². The van der Waals surface area contributed by atoms with Crippen LogP contribution in [0.2, 0.25) is 10.0 Å². The number of methoxy groups -OCH3 is 2. The van der Waals surface area contributed by atoms with Crippen molar-refractivity contribution < 1.29 is 19.1 Å². The standard InChI is InChI=1S/C18H17Cl2N3O4/c1-26-14-6-4-12(16(8-14)27-2)10-22-23-18(25)17(24)21-9-11-3-5-13(19)7-15(11)20/h3-8,10H,9H2,1-2H3,(H,21,24)(H,23,25). The maximum atomic E-state index is 11.8. The van der Waals surface area contributed by atoms with Crippen molar-refractivity contribution >= 4 is 41.2 Å². The molecule has 0 atom stereocenters. The van der Waals surface area contributed by atoms with Gasteiger partial charge in [-0.15, -0.1) is 0 Å². The summed E-state index contributed by atoms with van der Waals surface area (Å²) in [6.45, 7) is 0.0816. The molecule has 7 nitrogen and oxygen atoms in total. The molecule has 0 saturated heterocycles. The lowest BCUT2D eigenvalue weighted by atomic mass is 10.2. The van der Waals surface area contributed by atoms with Crippen molar-refractivity contribution in [1.29, 1.82) is 0 Å². The first kappa shape index (κ1) is 20.5. The van der Waals surface area contributed by atoms with E-state index in [4.69, 9.17) is 32.7 Å². The van der Waals surface area contributed by atoms with E-state index in [1.54, 1.807) is 43.5 Å². The molecule has 0 saturated carbocycles. The van der Waals surface area contributed by atoms with Gasteiger partial charge >= 0.3 is 11.8 Å². The second kappa shape index (κ2) is 9.80. The number of rotatable bonds is 6. The summed E-state index contributed by atoms with van der Waals surface area (Å²) in [6.07, 6.45) is 1.36. The molecule has 0 spiro atoms. The molecule has 0 aromatic heterocycles. The monoisotopic (exact) mass is 409 g/mol. The third-order valence-corrected chi connectivity index (χ3v) is 4.06. The minimum absolute atomic E-state index is 0.0816. The molecule has 0 aliphatic carbocycles. The lowest BCUT2D eigenvalue weighted by Gasteiger charge is -2.07. The highest BCUT2D eigenvalue weighted by Crippen LogP contribution is 2.23. The molecule has 2 rings (SSSR count). The normalized spacial score (nSPS) is 10.5. The number of halogens is 2. The molecule has 0 unspecified atom stereocenters. The van der Waals surface area contributed by atoms with Crippen molar-refractivity contribution in [1.82, 2.24) is 10.7 Å². The number of carbonyl (C=O) groups excluding carboxylic acids is 2. The van der Waals surface area contributed by atoms with Gasteiger partial charge in [0, 0.05) is 28.2 Å². The lowest BCUT2D eigenvalue weighted by molar-refractivity contribution is -0.139. The van der Waals surface area contributed by atoms with E-state index in [0.717, 1.165) is 0 Å². The van der Waals surface area contributed by atoms with E-state index in [0.29, 0.717) is 32.7 Å². The van der Waals surface area contributed by atoms with E-state index < -0.39 is 11.8 Å². The van der Waals surface area contributed by atoms with Crippen molar-refractivity contribution in [3.63, 3.8) is 0 Å². The number of hydrazone groups is 1. The molecule has 2 N–H and O–H groups in total. The van der Waals surface area contributed by atoms with Gasteiger partial charge in [0.1, 0.15) is 11.5 Å². The Bertz CT molecular complexity index is 872. The molecule has 142 valence electrons. The molecule has 27 heavy (non-hydrogen) atoms. The maximum absolute atomic E-state index is 11.8. The van der Waals surface area contributed by atoms with E-state index in [1.807, 2.05) is 0 Å². The molecule has 2 aromatic rings. The molecule has 0 aliphatic heterocycles. The number of amides is 2. The molecule has 0 aliphatic rings. The minimum atomic E-state index is -0.913. The van der Waals surface area contributed by atoms with Crippen molar-refractivity contribution in [3.05, 3.63) is 57.6 Å². The highest BCUT2D eigenvalue weighted by molar-refractivity contribution is 6.36. The molecule has 9 heteroatoms. The summed E-state index contributed by atoms with van der Waals surface area (Å²) in [7, 11) is 3.04. The fourth-order valence-electron chi connectivity index (χ4n) is 2.06. The van der Waals surface area contributed by atoms with E-state index in [-0.39, 0.29) is 6.54 Å². The zero-order valence-electron chi connectivity index (χ0n) is 14.6. The number of nitrogens with one attached hydrogen (secondary N) is 2. The maximum Gasteiger partial charge on any atom is 0.329 e.